The molecule has 100 valence electrons. The van der Waals surface area contributed by atoms with E-state index < -0.39 is 0 Å². The Labute approximate surface area is 110 Å². The molecule has 1 N–H and O–H groups in total. The number of nitrogens with zero attached hydrogens (tertiary/aromatic N) is 1. The van der Waals surface area contributed by atoms with Crippen LogP contribution < -0.4 is 5.32 Å². The lowest BCUT2D eigenvalue weighted by Crippen LogP contribution is -2.49. The highest BCUT2D eigenvalue weighted by molar-refractivity contribution is 7.80. The molecule has 0 aromatic carbocycles. The van der Waals surface area contributed by atoms with Gasteiger partial charge in [-0.2, -0.15) is 0 Å². The molecule has 1 aliphatic heterocycles. The zero-order chi connectivity index (χ0) is 12.5. The Kier molecular flexibility index (Phi) is 7.48. The van der Waals surface area contributed by atoms with Gasteiger partial charge in [-0.3, -0.25) is 0 Å². The Morgan fingerprint density at radius 3 is 3.06 bits per heavy atom. The molecule has 5 heteroatoms. The van der Waals surface area contributed by atoms with E-state index in [0.29, 0.717) is 6.10 Å². The van der Waals surface area contributed by atoms with Gasteiger partial charge in [-0.25, -0.2) is 0 Å². The van der Waals surface area contributed by atoms with Crippen LogP contribution in [-0.2, 0) is 9.47 Å². The van der Waals surface area contributed by atoms with Crippen LogP contribution in [0.2, 0.25) is 0 Å². The van der Waals surface area contributed by atoms with E-state index in [-0.39, 0.29) is 0 Å². The van der Waals surface area contributed by atoms with Crippen molar-refractivity contribution in [3.8, 4) is 0 Å². The maximum Gasteiger partial charge on any atom is 0.169 e. The lowest BCUT2D eigenvalue weighted by atomic mass is 10.2. The molecule has 17 heavy (non-hydrogen) atoms. The van der Waals surface area contributed by atoms with Crippen LogP contribution in [0.3, 0.4) is 0 Å². The first kappa shape index (κ1) is 14.7. The molecule has 0 aromatic rings. The molecule has 1 fully saturated rings. The predicted molar refractivity (Wildman–Crippen MR) is 73.3 cm³/mol. The van der Waals surface area contributed by atoms with Crippen molar-refractivity contribution in [2.45, 2.75) is 32.8 Å². The van der Waals surface area contributed by atoms with Gasteiger partial charge < -0.3 is 19.7 Å². The van der Waals surface area contributed by atoms with E-state index in [2.05, 4.69) is 17.1 Å². The van der Waals surface area contributed by atoms with E-state index in [4.69, 9.17) is 21.7 Å². The summed E-state index contributed by atoms with van der Waals surface area (Å²) in [5.41, 5.74) is 0. The molecule has 0 radical (unpaired) electrons. The number of thiocarbonyl (C=S) groups is 1. The van der Waals surface area contributed by atoms with Crippen LogP contribution in [0.25, 0.3) is 0 Å². The van der Waals surface area contributed by atoms with E-state index in [1.165, 1.54) is 0 Å². The Hall–Kier alpha value is -0.390. The highest BCUT2D eigenvalue weighted by Gasteiger charge is 2.20. The number of hydrogen-bond acceptors (Lipinski definition) is 3. The SMILES string of the molecule is CCOCCCNC(=S)N1CCOC(CC)C1. The van der Waals surface area contributed by atoms with Crippen molar-refractivity contribution in [2.24, 2.45) is 0 Å². The smallest absolute Gasteiger partial charge is 0.169 e. The van der Waals surface area contributed by atoms with Gasteiger partial charge in [0.25, 0.3) is 0 Å². The summed E-state index contributed by atoms with van der Waals surface area (Å²) in [5.74, 6) is 0. The van der Waals surface area contributed by atoms with Crippen LogP contribution in [0.15, 0.2) is 0 Å². The molecule has 0 aromatic heterocycles. The Balaban J connectivity index is 2.14. The zero-order valence-corrected chi connectivity index (χ0v) is 11.7. The van der Waals surface area contributed by atoms with Crippen molar-refractivity contribution in [1.82, 2.24) is 10.2 Å². The van der Waals surface area contributed by atoms with Crippen molar-refractivity contribution >= 4 is 17.3 Å². The lowest BCUT2D eigenvalue weighted by molar-refractivity contribution is -0.00723. The molecular formula is C12H24N2O2S. The molecule has 1 rings (SSSR count). The predicted octanol–water partition coefficient (Wildman–Crippen LogP) is 1.40. The zero-order valence-electron chi connectivity index (χ0n) is 10.9. The van der Waals surface area contributed by atoms with Crippen molar-refractivity contribution in [3.05, 3.63) is 0 Å². The van der Waals surface area contributed by atoms with Gasteiger partial charge in [-0.1, -0.05) is 6.92 Å². The van der Waals surface area contributed by atoms with Crippen molar-refractivity contribution in [2.75, 3.05) is 39.5 Å². The molecule has 1 unspecified atom stereocenters. The second-order valence-corrected chi connectivity index (χ2v) is 4.52. The third kappa shape index (κ3) is 5.66. The van der Waals surface area contributed by atoms with Crippen LogP contribution in [0, 0.1) is 0 Å². The molecule has 0 aliphatic carbocycles. The molecule has 1 heterocycles. The number of ether oxygens (including phenoxy) is 2. The Morgan fingerprint density at radius 2 is 2.35 bits per heavy atom. The van der Waals surface area contributed by atoms with Gasteiger partial charge in [0, 0.05) is 32.8 Å². The summed E-state index contributed by atoms with van der Waals surface area (Å²) >= 11 is 5.37. The maximum atomic E-state index is 5.62. The van der Waals surface area contributed by atoms with Crippen LogP contribution in [0.4, 0.5) is 0 Å². The number of hydrogen-bond donors (Lipinski definition) is 1. The Morgan fingerprint density at radius 1 is 1.53 bits per heavy atom. The van der Waals surface area contributed by atoms with Gasteiger partial charge in [0.2, 0.25) is 0 Å². The third-order valence-corrected chi connectivity index (χ3v) is 3.23. The monoisotopic (exact) mass is 260 g/mol. The van der Waals surface area contributed by atoms with Crippen LogP contribution >= 0.6 is 12.2 Å². The van der Waals surface area contributed by atoms with Crippen LogP contribution in [0.5, 0.6) is 0 Å². The summed E-state index contributed by atoms with van der Waals surface area (Å²) in [4.78, 5) is 2.20. The average Bonchev–Trinajstić information content (AvgIpc) is 2.38. The fourth-order valence-corrected chi connectivity index (χ4v) is 2.04. The summed E-state index contributed by atoms with van der Waals surface area (Å²) in [6.45, 7) is 9.20. The van der Waals surface area contributed by atoms with Crippen LogP contribution in [-0.4, -0.2) is 55.6 Å². The van der Waals surface area contributed by atoms with Gasteiger partial charge in [0.05, 0.1) is 12.7 Å². The second-order valence-electron chi connectivity index (χ2n) is 4.13. The first-order valence-corrected chi connectivity index (χ1v) is 6.90. The Bertz CT molecular complexity index is 227. The first-order valence-electron chi connectivity index (χ1n) is 6.50. The normalized spacial score (nSPS) is 20.4. The second kappa shape index (κ2) is 8.66. The van der Waals surface area contributed by atoms with Crippen molar-refractivity contribution in [3.63, 3.8) is 0 Å². The standard InChI is InChI=1S/C12H24N2O2S/c1-3-11-10-14(7-9-16-11)12(17)13-6-5-8-15-4-2/h11H,3-10H2,1-2H3,(H,13,17). The van der Waals surface area contributed by atoms with Gasteiger partial charge in [0.15, 0.2) is 5.11 Å². The lowest BCUT2D eigenvalue weighted by Gasteiger charge is -2.34. The average molecular weight is 260 g/mol. The fourth-order valence-electron chi connectivity index (χ4n) is 1.78. The summed E-state index contributed by atoms with van der Waals surface area (Å²) < 4.78 is 10.9. The minimum atomic E-state index is 0.326. The quantitative estimate of drug-likeness (QED) is 0.577. The molecule has 1 saturated heterocycles. The summed E-state index contributed by atoms with van der Waals surface area (Å²) in [5, 5.41) is 4.13. The van der Waals surface area contributed by atoms with Gasteiger partial charge in [-0.15, -0.1) is 0 Å². The molecule has 0 spiro atoms. The number of morpholine rings is 1. The molecule has 0 bridgehead atoms. The van der Waals surface area contributed by atoms with Crippen LogP contribution in [0.1, 0.15) is 26.7 Å². The summed E-state index contributed by atoms with van der Waals surface area (Å²) in [6, 6.07) is 0. The van der Waals surface area contributed by atoms with Gasteiger partial charge in [0.1, 0.15) is 0 Å². The molecule has 0 amide bonds. The molecule has 1 atom stereocenters. The summed E-state index contributed by atoms with van der Waals surface area (Å²) in [7, 11) is 0. The number of nitrogens with one attached hydrogen (secondary N) is 1. The highest BCUT2D eigenvalue weighted by atomic mass is 32.1. The van der Waals surface area contributed by atoms with Gasteiger partial charge >= 0.3 is 0 Å². The van der Waals surface area contributed by atoms with E-state index in [9.17, 15) is 0 Å². The molecule has 0 saturated carbocycles. The molecule has 1 aliphatic rings. The maximum absolute atomic E-state index is 5.62. The van der Waals surface area contributed by atoms with E-state index in [1.807, 2.05) is 6.92 Å². The summed E-state index contributed by atoms with van der Waals surface area (Å²) in [6.07, 6.45) is 2.37. The van der Waals surface area contributed by atoms with Crippen molar-refractivity contribution < 1.29 is 9.47 Å². The number of rotatable bonds is 6. The topological polar surface area (TPSA) is 33.7 Å². The minimum absolute atomic E-state index is 0.326. The molecule has 4 nitrogen and oxygen atoms in total. The van der Waals surface area contributed by atoms with Gasteiger partial charge in [-0.05, 0) is 32.0 Å². The highest BCUT2D eigenvalue weighted by Crippen LogP contribution is 2.08. The minimum Gasteiger partial charge on any atom is -0.382 e. The first-order chi connectivity index (χ1) is 8.27. The fraction of sp³-hybridized carbons (Fsp3) is 0.917. The van der Waals surface area contributed by atoms with E-state index >= 15 is 0 Å². The molecular weight excluding hydrogens is 236 g/mol. The third-order valence-electron chi connectivity index (χ3n) is 2.83. The van der Waals surface area contributed by atoms with E-state index in [0.717, 1.165) is 57.4 Å². The largest absolute Gasteiger partial charge is 0.382 e. The van der Waals surface area contributed by atoms with Crippen molar-refractivity contribution in [1.29, 1.82) is 0 Å². The van der Waals surface area contributed by atoms with E-state index in [1.54, 1.807) is 0 Å².